The Morgan fingerprint density at radius 3 is 2.67 bits per heavy atom. The molecule has 1 saturated heterocycles. The Bertz CT molecular complexity index is 340. The van der Waals surface area contributed by atoms with Crippen LogP contribution in [0.5, 0.6) is 0 Å². The third-order valence-corrected chi connectivity index (χ3v) is 2.49. The number of amides is 1. The molecule has 80 valence electrons. The van der Waals surface area contributed by atoms with E-state index in [1.165, 1.54) is 12.1 Å². The minimum atomic E-state index is -0.219. The first-order chi connectivity index (χ1) is 7.24. The molecule has 1 unspecified atom stereocenters. The summed E-state index contributed by atoms with van der Waals surface area (Å²) < 4.78 is 12.6. The fourth-order valence-electron chi connectivity index (χ4n) is 1.66. The lowest BCUT2D eigenvalue weighted by molar-refractivity contribution is -0.121. The number of halogens is 1. The molecule has 15 heavy (non-hydrogen) atoms. The van der Waals surface area contributed by atoms with Crippen LogP contribution in [0.3, 0.4) is 0 Å². The lowest BCUT2D eigenvalue weighted by Crippen LogP contribution is -2.52. The zero-order chi connectivity index (χ0) is 10.7. The van der Waals surface area contributed by atoms with E-state index in [0.29, 0.717) is 13.1 Å². The van der Waals surface area contributed by atoms with E-state index >= 15 is 0 Å². The standard InChI is InChI=1S/C11H13FN2O/c12-9-3-1-8(2-4-9)5-10-6-14-11(15)7-13-10/h1-4,10,13H,5-7H2,(H,14,15). The molecule has 1 aromatic carbocycles. The summed E-state index contributed by atoms with van der Waals surface area (Å²) in [6.07, 6.45) is 0.806. The van der Waals surface area contributed by atoms with Crippen molar-refractivity contribution >= 4 is 5.91 Å². The van der Waals surface area contributed by atoms with E-state index in [-0.39, 0.29) is 17.8 Å². The molecule has 2 N–H and O–H groups in total. The van der Waals surface area contributed by atoms with Crippen molar-refractivity contribution in [2.24, 2.45) is 0 Å². The van der Waals surface area contributed by atoms with Crippen molar-refractivity contribution in [1.82, 2.24) is 10.6 Å². The summed E-state index contributed by atoms with van der Waals surface area (Å²) in [5.74, 6) is -0.186. The van der Waals surface area contributed by atoms with E-state index in [1.807, 2.05) is 0 Å². The Morgan fingerprint density at radius 1 is 1.33 bits per heavy atom. The van der Waals surface area contributed by atoms with Crippen LogP contribution >= 0.6 is 0 Å². The molecule has 3 nitrogen and oxygen atoms in total. The summed E-state index contributed by atoms with van der Waals surface area (Å²) in [6.45, 7) is 1.00. The predicted molar refractivity (Wildman–Crippen MR) is 54.9 cm³/mol. The fourth-order valence-corrected chi connectivity index (χ4v) is 1.66. The predicted octanol–water partition coefficient (Wildman–Crippen LogP) is 0.456. The second-order valence-electron chi connectivity index (χ2n) is 3.71. The van der Waals surface area contributed by atoms with Gasteiger partial charge in [0.15, 0.2) is 0 Å². The molecular formula is C11H13FN2O. The number of hydrogen-bond acceptors (Lipinski definition) is 2. The minimum Gasteiger partial charge on any atom is -0.353 e. The SMILES string of the molecule is O=C1CNC(Cc2ccc(F)cc2)CN1. The molecule has 1 atom stereocenters. The second kappa shape index (κ2) is 4.40. The second-order valence-corrected chi connectivity index (χ2v) is 3.71. The Balaban J connectivity index is 1.91. The van der Waals surface area contributed by atoms with Crippen molar-refractivity contribution in [3.63, 3.8) is 0 Å². The first-order valence-electron chi connectivity index (χ1n) is 4.98. The molecule has 2 rings (SSSR count). The van der Waals surface area contributed by atoms with Gasteiger partial charge in [0, 0.05) is 12.6 Å². The minimum absolute atomic E-state index is 0.0327. The van der Waals surface area contributed by atoms with E-state index < -0.39 is 0 Å². The van der Waals surface area contributed by atoms with E-state index in [2.05, 4.69) is 10.6 Å². The maximum absolute atomic E-state index is 12.6. The Kier molecular flexibility index (Phi) is 2.97. The van der Waals surface area contributed by atoms with Crippen LogP contribution in [0.2, 0.25) is 0 Å². The number of benzene rings is 1. The zero-order valence-corrected chi connectivity index (χ0v) is 8.29. The smallest absolute Gasteiger partial charge is 0.234 e. The number of hydrogen-bond donors (Lipinski definition) is 2. The molecule has 0 bridgehead atoms. The number of rotatable bonds is 2. The largest absolute Gasteiger partial charge is 0.353 e. The highest BCUT2D eigenvalue weighted by atomic mass is 19.1. The summed E-state index contributed by atoms with van der Waals surface area (Å²) in [5, 5.41) is 5.91. The average Bonchev–Trinajstić information content (AvgIpc) is 2.25. The van der Waals surface area contributed by atoms with Crippen LogP contribution in [0.1, 0.15) is 5.56 Å². The van der Waals surface area contributed by atoms with Gasteiger partial charge in [-0.2, -0.15) is 0 Å². The van der Waals surface area contributed by atoms with Gasteiger partial charge >= 0.3 is 0 Å². The van der Waals surface area contributed by atoms with E-state index in [9.17, 15) is 9.18 Å². The van der Waals surface area contributed by atoms with Gasteiger partial charge in [-0.15, -0.1) is 0 Å². The summed E-state index contributed by atoms with van der Waals surface area (Å²) >= 11 is 0. The van der Waals surface area contributed by atoms with Gasteiger partial charge in [-0.05, 0) is 24.1 Å². The number of piperazine rings is 1. The molecule has 0 radical (unpaired) electrons. The number of carbonyl (C=O) groups is 1. The maximum Gasteiger partial charge on any atom is 0.234 e. The van der Waals surface area contributed by atoms with Crippen LogP contribution in [0.4, 0.5) is 4.39 Å². The normalized spacial score (nSPS) is 21.1. The average molecular weight is 208 g/mol. The molecule has 1 aliphatic heterocycles. The van der Waals surface area contributed by atoms with E-state index in [0.717, 1.165) is 12.0 Å². The van der Waals surface area contributed by atoms with E-state index in [4.69, 9.17) is 0 Å². The molecule has 1 aliphatic rings. The molecule has 1 aromatic rings. The topological polar surface area (TPSA) is 41.1 Å². The van der Waals surface area contributed by atoms with Crippen molar-refractivity contribution < 1.29 is 9.18 Å². The van der Waals surface area contributed by atoms with Gasteiger partial charge < -0.3 is 10.6 Å². The number of nitrogens with one attached hydrogen (secondary N) is 2. The van der Waals surface area contributed by atoms with Gasteiger partial charge in [-0.3, -0.25) is 4.79 Å². The van der Waals surface area contributed by atoms with Gasteiger partial charge in [0.1, 0.15) is 5.82 Å². The highest BCUT2D eigenvalue weighted by molar-refractivity contribution is 5.78. The van der Waals surface area contributed by atoms with Crippen LogP contribution in [0.15, 0.2) is 24.3 Å². The van der Waals surface area contributed by atoms with Crippen LogP contribution in [0, 0.1) is 5.82 Å². The number of carbonyl (C=O) groups excluding carboxylic acids is 1. The van der Waals surface area contributed by atoms with Crippen molar-refractivity contribution in [2.75, 3.05) is 13.1 Å². The monoisotopic (exact) mass is 208 g/mol. The zero-order valence-electron chi connectivity index (χ0n) is 8.29. The lowest BCUT2D eigenvalue weighted by Gasteiger charge is -2.23. The van der Waals surface area contributed by atoms with Gasteiger partial charge in [-0.1, -0.05) is 12.1 Å². The third kappa shape index (κ3) is 2.76. The summed E-state index contributed by atoms with van der Waals surface area (Å²) in [6, 6.07) is 6.70. The van der Waals surface area contributed by atoms with Crippen molar-refractivity contribution in [1.29, 1.82) is 0 Å². The molecule has 1 heterocycles. The molecule has 0 aliphatic carbocycles. The first-order valence-corrected chi connectivity index (χ1v) is 4.98. The van der Waals surface area contributed by atoms with Gasteiger partial charge in [0.25, 0.3) is 0 Å². The van der Waals surface area contributed by atoms with Crippen LogP contribution in [0.25, 0.3) is 0 Å². The summed E-state index contributed by atoms with van der Waals surface area (Å²) in [7, 11) is 0. The van der Waals surface area contributed by atoms with Gasteiger partial charge in [0.05, 0.1) is 6.54 Å². The lowest BCUT2D eigenvalue weighted by atomic mass is 10.0. The first kappa shape index (κ1) is 10.1. The Hall–Kier alpha value is -1.42. The highest BCUT2D eigenvalue weighted by Gasteiger charge is 2.16. The molecule has 1 amide bonds. The van der Waals surface area contributed by atoms with Crippen LogP contribution in [-0.2, 0) is 11.2 Å². The Labute approximate surface area is 87.7 Å². The quantitative estimate of drug-likeness (QED) is 0.741. The van der Waals surface area contributed by atoms with Crippen molar-refractivity contribution in [3.8, 4) is 0 Å². The van der Waals surface area contributed by atoms with Gasteiger partial charge in [0.2, 0.25) is 5.91 Å². The van der Waals surface area contributed by atoms with Crippen molar-refractivity contribution in [2.45, 2.75) is 12.5 Å². The van der Waals surface area contributed by atoms with Crippen LogP contribution < -0.4 is 10.6 Å². The van der Waals surface area contributed by atoms with E-state index in [1.54, 1.807) is 12.1 Å². The summed E-state index contributed by atoms with van der Waals surface area (Å²) in [4.78, 5) is 10.9. The third-order valence-electron chi connectivity index (χ3n) is 2.49. The van der Waals surface area contributed by atoms with Crippen molar-refractivity contribution in [3.05, 3.63) is 35.6 Å². The molecule has 1 fully saturated rings. The Morgan fingerprint density at radius 2 is 2.07 bits per heavy atom. The maximum atomic E-state index is 12.6. The fraction of sp³-hybridized carbons (Fsp3) is 0.364. The molecule has 0 saturated carbocycles. The van der Waals surface area contributed by atoms with Crippen LogP contribution in [-0.4, -0.2) is 25.0 Å². The highest BCUT2D eigenvalue weighted by Crippen LogP contribution is 2.06. The molecular weight excluding hydrogens is 195 g/mol. The van der Waals surface area contributed by atoms with Gasteiger partial charge in [-0.25, -0.2) is 4.39 Å². The molecule has 0 aromatic heterocycles. The molecule has 4 heteroatoms. The summed E-state index contributed by atoms with van der Waals surface area (Å²) in [5.41, 5.74) is 1.07. The molecule has 0 spiro atoms.